The minimum absolute atomic E-state index is 0. The van der Waals surface area contributed by atoms with Crippen LogP contribution in [0.3, 0.4) is 0 Å². The Hall–Kier alpha value is -0.623. The number of hydrogen-bond donors (Lipinski definition) is 0. The van der Waals surface area contributed by atoms with Crippen molar-refractivity contribution in [3.63, 3.8) is 0 Å². The van der Waals surface area contributed by atoms with E-state index in [1.807, 2.05) is 0 Å². The van der Waals surface area contributed by atoms with Crippen LogP contribution in [-0.4, -0.2) is 4.98 Å². The molecule has 0 aliphatic rings. The van der Waals surface area contributed by atoms with Crippen molar-refractivity contribution in [2.75, 3.05) is 0 Å². The van der Waals surface area contributed by atoms with Crippen LogP contribution in [0.1, 0.15) is 0 Å². The molecule has 0 fully saturated rings. The predicted molar refractivity (Wildman–Crippen MR) is 46.3 cm³/mol. The van der Waals surface area contributed by atoms with E-state index in [0.29, 0.717) is 0 Å². The topological polar surface area (TPSA) is 12.9 Å². The normalized spacial score (nSPS) is 9.31. The van der Waals surface area contributed by atoms with Crippen molar-refractivity contribution in [1.29, 1.82) is 0 Å². The number of thiazole rings is 1. The first-order valence-corrected chi connectivity index (χ1v) is 4.26. The van der Waals surface area contributed by atoms with E-state index in [2.05, 4.69) is 10.5 Å². The van der Waals surface area contributed by atoms with Gasteiger partial charge >= 0.3 is 18.9 Å². The molecule has 1 aromatic heterocycles. The van der Waals surface area contributed by atoms with Crippen LogP contribution in [0.5, 0.6) is 0 Å². The van der Waals surface area contributed by atoms with Crippen LogP contribution in [0.2, 0.25) is 0 Å². The van der Waals surface area contributed by atoms with E-state index in [-0.39, 0.29) is 24.7 Å². The predicted octanol–water partition coefficient (Wildman–Crippen LogP) is -0.247. The van der Waals surface area contributed by atoms with Crippen molar-refractivity contribution in [1.82, 2.24) is 4.98 Å². The Kier molecular flexibility index (Phi) is 3.67. The number of aromatic nitrogens is 1. The fraction of sp³-hybridized carbons (Fsp3) is 0. The monoisotopic (exact) mass is 185 g/mol. The summed E-state index contributed by atoms with van der Waals surface area (Å²) in [4.78, 5) is 4.83. The standard InChI is InChI=1S/C9H5FNS.Li/c10-8-3-1-7(2-4-8)9-5-11-6-12-9;/h1-5H;/q-1;+1. The summed E-state index contributed by atoms with van der Waals surface area (Å²) in [6.07, 6.45) is 1.72. The second kappa shape index (κ2) is 4.57. The molecular weight excluding hydrogens is 180 g/mol. The largest absolute Gasteiger partial charge is 1.00 e. The molecule has 0 aliphatic heterocycles. The number of halogens is 1. The van der Waals surface area contributed by atoms with E-state index in [1.54, 1.807) is 18.3 Å². The van der Waals surface area contributed by atoms with Crippen LogP contribution in [-0.2, 0) is 0 Å². The molecule has 0 unspecified atom stereocenters. The van der Waals surface area contributed by atoms with Gasteiger partial charge in [-0.05, 0) is 17.6 Å². The van der Waals surface area contributed by atoms with Crippen LogP contribution >= 0.6 is 11.3 Å². The van der Waals surface area contributed by atoms with Crippen molar-refractivity contribution in [2.45, 2.75) is 0 Å². The summed E-state index contributed by atoms with van der Waals surface area (Å²) in [5, 5.41) is 0. The molecule has 2 aromatic rings. The molecular formula is C9H5FLiNS. The molecule has 60 valence electrons. The summed E-state index contributed by atoms with van der Waals surface area (Å²) in [6.45, 7) is 0. The molecule has 0 N–H and O–H groups in total. The molecule has 0 bridgehead atoms. The van der Waals surface area contributed by atoms with E-state index in [0.717, 1.165) is 10.4 Å². The van der Waals surface area contributed by atoms with Crippen molar-refractivity contribution >= 4 is 11.3 Å². The first-order chi connectivity index (χ1) is 5.86. The molecule has 0 atom stereocenters. The van der Waals surface area contributed by atoms with Gasteiger partial charge in [-0.25, -0.2) is 4.39 Å². The summed E-state index contributed by atoms with van der Waals surface area (Å²) in [5.41, 5.74) is 3.72. The minimum atomic E-state index is -0.216. The van der Waals surface area contributed by atoms with Gasteiger partial charge in [0, 0.05) is 0 Å². The van der Waals surface area contributed by atoms with E-state index in [9.17, 15) is 4.39 Å². The molecule has 0 saturated carbocycles. The van der Waals surface area contributed by atoms with E-state index in [1.165, 1.54) is 23.5 Å². The van der Waals surface area contributed by atoms with Gasteiger partial charge in [0.2, 0.25) is 0 Å². The van der Waals surface area contributed by atoms with Crippen LogP contribution in [0.15, 0.2) is 30.5 Å². The van der Waals surface area contributed by atoms with Crippen LogP contribution in [0, 0.1) is 11.3 Å². The van der Waals surface area contributed by atoms with Gasteiger partial charge in [-0.2, -0.15) is 0 Å². The first-order valence-electron chi connectivity index (χ1n) is 3.44. The molecule has 13 heavy (non-hydrogen) atoms. The smallest absolute Gasteiger partial charge is 0.394 e. The molecule has 0 saturated heterocycles. The number of benzene rings is 1. The Morgan fingerprint density at radius 2 is 1.92 bits per heavy atom. The first kappa shape index (κ1) is 10.5. The van der Waals surface area contributed by atoms with Crippen LogP contribution in [0.25, 0.3) is 10.4 Å². The van der Waals surface area contributed by atoms with Gasteiger partial charge in [0.1, 0.15) is 5.82 Å². The van der Waals surface area contributed by atoms with Gasteiger partial charge in [-0.1, -0.05) is 17.7 Å². The molecule has 2 rings (SSSR count). The molecule has 4 heteroatoms. The summed E-state index contributed by atoms with van der Waals surface area (Å²) in [5.74, 6) is -0.216. The summed E-state index contributed by atoms with van der Waals surface area (Å²) in [7, 11) is 0. The van der Waals surface area contributed by atoms with Gasteiger partial charge in [-0.15, -0.1) is 11.1 Å². The number of nitrogens with zero attached hydrogens (tertiary/aromatic N) is 1. The third-order valence-electron chi connectivity index (χ3n) is 1.52. The fourth-order valence-electron chi connectivity index (χ4n) is 0.934. The average Bonchev–Trinajstić information content (AvgIpc) is 2.58. The number of hydrogen-bond acceptors (Lipinski definition) is 2. The molecule has 1 nitrogen and oxygen atoms in total. The third-order valence-corrected chi connectivity index (χ3v) is 2.28. The SMILES string of the molecule is Fc1ccc(-c2cn[c-]s2)cc1.[Li+]. The van der Waals surface area contributed by atoms with E-state index in [4.69, 9.17) is 0 Å². The molecule has 0 spiro atoms. The van der Waals surface area contributed by atoms with E-state index >= 15 is 0 Å². The van der Waals surface area contributed by atoms with Crippen LogP contribution < -0.4 is 18.9 Å². The maximum absolute atomic E-state index is 12.5. The zero-order valence-corrected chi connectivity index (χ0v) is 7.94. The summed E-state index contributed by atoms with van der Waals surface area (Å²) < 4.78 is 12.5. The Morgan fingerprint density at radius 1 is 1.23 bits per heavy atom. The Labute approximate surface area is 91.8 Å². The Balaban J connectivity index is 0.000000845. The van der Waals surface area contributed by atoms with Crippen molar-refractivity contribution in [3.05, 3.63) is 41.8 Å². The van der Waals surface area contributed by atoms with Gasteiger partial charge in [0.15, 0.2) is 0 Å². The molecule has 1 heterocycles. The Morgan fingerprint density at radius 3 is 2.46 bits per heavy atom. The van der Waals surface area contributed by atoms with Gasteiger partial charge in [-0.3, -0.25) is 11.3 Å². The minimum Gasteiger partial charge on any atom is -0.394 e. The second-order valence-corrected chi connectivity index (χ2v) is 3.15. The van der Waals surface area contributed by atoms with E-state index < -0.39 is 0 Å². The fourth-order valence-corrected chi connectivity index (χ4v) is 1.50. The van der Waals surface area contributed by atoms with Gasteiger partial charge in [0.05, 0.1) is 0 Å². The van der Waals surface area contributed by atoms with Crippen molar-refractivity contribution in [2.24, 2.45) is 0 Å². The van der Waals surface area contributed by atoms with Gasteiger partial charge < -0.3 is 4.98 Å². The average molecular weight is 185 g/mol. The third kappa shape index (κ3) is 2.41. The maximum Gasteiger partial charge on any atom is 1.00 e. The van der Waals surface area contributed by atoms with Crippen molar-refractivity contribution < 1.29 is 23.3 Å². The molecule has 1 aromatic carbocycles. The number of rotatable bonds is 1. The summed E-state index contributed by atoms with van der Waals surface area (Å²) in [6, 6.07) is 6.34. The quantitative estimate of drug-likeness (QED) is 0.441. The maximum atomic E-state index is 12.5. The second-order valence-electron chi connectivity index (χ2n) is 2.32. The van der Waals surface area contributed by atoms with Crippen molar-refractivity contribution in [3.8, 4) is 10.4 Å². The van der Waals surface area contributed by atoms with Crippen LogP contribution in [0.4, 0.5) is 4.39 Å². The Bertz CT molecular complexity index is 358. The molecule has 0 amide bonds. The molecule has 0 aliphatic carbocycles. The van der Waals surface area contributed by atoms with Gasteiger partial charge in [0.25, 0.3) is 0 Å². The zero-order chi connectivity index (χ0) is 8.39. The zero-order valence-electron chi connectivity index (χ0n) is 7.12. The summed E-state index contributed by atoms with van der Waals surface area (Å²) >= 11 is 1.42. The molecule has 0 radical (unpaired) electrons.